The summed E-state index contributed by atoms with van der Waals surface area (Å²) >= 11 is 0. The summed E-state index contributed by atoms with van der Waals surface area (Å²) in [5, 5.41) is 273. The van der Waals surface area contributed by atoms with Crippen LogP contribution in [-0.4, -0.2) is 344 Å². The first-order chi connectivity index (χ1) is 31.3. The minimum Gasteiger partial charge on any atom is -0.394 e. The van der Waals surface area contributed by atoms with Crippen molar-refractivity contribution in [3.05, 3.63) is 0 Å². The van der Waals surface area contributed by atoms with Crippen LogP contribution >= 0.6 is 0 Å². The highest BCUT2D eigenvalue weighted by Crippen LogP contribution is 2.62. The molecule has 6 fully saturated rings. The van der Waals surface area contributed by atoms with Crippen molar-refractivity contribution in [2.24, 2.45) is 0 Å². The molecule has 0 aromatic heterocycles. The fraction of sp³-hybridized carbons (Fsp3) is 1.00. The van der Waals surface area contributed by atoms with Crippen molar-refractivity contribution in [1.29, 1.82) is 0 Å². The Balaban J connectivity index is 1.83. The molecule has 0 amide bonds. The molecule has 30 atom stereocenters. The Morgan fingerprint density at radius 1 is 0.313 bits per heavy atom. The van der Waals surface area contributed by atoms with E-state index in [0.29, 0.717) is 0 Å². The molecule has 6 aliphatic rings. The van der Waals surface area contributed by atoms with E-state index in [1.54, 1.807) is 0 Å². The van der Waals surface area contributed by atoms with Crippen molar-refractivity contribution < 1.29 is 156 Å². The van der Waals surface area contributed by atoms with E-state index in [1.807, 2.05) is 0 Å². The number of aliphatic hydroxyl groups is 24. The molecule has 6 saturated heterocycles. The van der Waals surface area contributed by atoms with Crippen molar-refractivity contribution in [2.75, 3.05) is 39.6 Å². The minimum absolute atomic E-state index is 1.26. The van der Waals surface area contributed by atoms with Crippen LogP contribution in [0.1, 0.15) is 0 Å². The lowest BCUT2D eigenvalue weighted by molar-refractivity contribution is -0.531. The molecule has 5 unspecified atom stereocenters. The number of ether oxygens (including phenoxy) is 7. The highest BCUT2D eigenvalue weighted by molar-refractivity contribution is 5.35. The number of rotatable bonds is 12. The van der Waals surface area contributed by atoms with E-state index in [-0.39, 0.29) is 0 Å². The highest BCUT2D eigenvalue weighted by atomic mass is 16.8. The molecule has 6 aliphatic heterocycles. The van der Waals surface area contributed by atoms with Gasteiger partial charge in [0.25, 0.3) is 0 Å². The van der Waals surface area contributed by atoms with Gasteiger partial charge in [-0.05, 0) is 0 Å². The van der Waals surface area contributed by atoms with Gasteiger partial charge in [0.1, 0.15) is 153 Å². The first-order valence-corrected chi connectivity index (χ1v) is 21.0. The summed E-state index contributed by atoms with van der Waals surface area (Å²) in [5.74, 6) is -4.51. The zero-order chi connectivity index (χ0) is 50.2. The van der Waals surface area contributed by atoms with Crippen molar-refractivity contribution in [3.63, 3.8) is 0 Å². The van der Waals surface area contributed by atoms with Gasteiger partial charge in [-0.1, -0.05) is 0 Å². The molecular weight excluding hydrogens is 928 g/mol. The summed E-state index contributed by atoms with van der Waals surface area (Å²) in [4.78, 5) is 0. The normalized spacial score (nSPS) is 57.9. The van der Waals surface area contributed by atoms with Crippen LogP contribution in [0.15, 0.2) is 0 Å². The second-order valence-electron chi connectivity index (χ2n) is 17.6. The molecule has 6 heterocycles. The molecule has 392 valence electrons. The molecule has 6 rings (SSSR count). The number of hydrogen-bond acceptors (Lipinski definition) is 31. The first kappa shape index (κ1) is 55.1. The average molecular weight is 991 g/mol. The van der Waals surface area contributed by atoms with Crippen LogP contribution in [0.3, 0.4) is 0 Å². The second-order valence-corrected chi connectivity index (χ2v) is 17.6. The molecule has 0 radical (unpaired) electrons. The molecule has 0 spiro atoms. The molecular formula is C36H62O31. The summed E-state index contributed by atoms with van der Waals surface area (Å²) in [7, 11) is 0. The van der Waals surface area contributed by atoms with Crippen molar-refractivity contribution in [1.82, 2.24) is 0 Å². The molecule has 0 aliphatic carbocycles. The maximum absolute atomic E-state index is 14.4. The predicted molar refractivity (Wildman–Crippen MR) is 199 cm³/mol. The Morgan fingerprint density at radius 3 is 0.985 bits per heavy atom. The largest absolute Gasteiger partial charge is 0.394 e. The summed E-state index contributed by atoms with van der Waals surface area (Å²) in [6.45, 7) is -8.77. The fourth-order valence-electron chi connectivity index (χ4n) is 10.3. The highest BCUT2D eigenvalue weighted by Gasteiger charge is 2.90. The Morgan fingerprint density at radius 2 is 0.612 bits per heavy atom. The van der Waals surface area contributed by atoms with Crippen LogP contribution in [0.4, 0.5) is 0 Å². The lowest BCUT2D eigenvalue weighted by atomic mass is 9.52. The van der Waals surface area contributed by atoms with Gasteiger partial charge in [0.05, 0.1) is 39.6 Å². The molecule has 0 aromatic carbocycles. The standard InChI is InChI=1S/C36H62O31/c37-1-7-13(43)18(48)23(53)28(61-7)33(67-32-27(57)22(52)17(47)11(5-41)65-32)12(6-42)66-36(60,31-26(56)21(51)16(46)10(4-40)64-31)35(59,30-25(55)20(50)15(45)9(3-39)63-30)34(33,58)29-24(54)19(49)14(44)8(2-38)62-29/h7-32,37-60H,1-6H2/t7-,8-,9-,10-,11-,12-,13+,14+,15+,16+,17+,18+,19+,20+,21+,22+,23-,24-,25-,26-,27-,28?,29?,30?,31?,32+,33+,34+,35-,36?/m1/s1. The van der Waals surface area contributed by atoms with Gasteiger partial charge >= 0.3 is 0 Å². The topological polar surface area (TPSA) is 550 Å². The SMILES string of the molecule is OC[C@H]1O[C@@H](O[C@]2(C3O[C@H](CO)[C@H](O)[C@H](O)[C@H]3O)[C@@H](CO)OC(O)(C3O[C@H](CO)[C@H](O)[C@H](O)[C@H]3O)[C@@](O)(C3O[C@H](CO)[C@H](O)[C@H](O)[C@H]3O)[C@]2(O)C2O[C@H](CO)[C@H](O)[C@H](O)[C@H]2O)[C@H](O)[C@@H](O)[C@H]1O. The van der Waals surface area contributed by atoms with Crippen LogP contribution in [0, 0.1) is 0 Å². The van der Waals surface area contributed by atoms with Crippen LogP contribution in [-0.2, 0) is 33.2 Å². The van der Waals surface area contributed by atoms with Crippen LogP contribution in [0.25, 0.3) is 0 Å². The first-order valence-electron chi connectivity index (χ1n) is 21.0. The quantitative estimate of drug-likeness (QED) is 0.0863. The predicted octanol–water partition coefficient (Wildman–Crippen LogP) is -16.5. The zero-order valence-electron chi connectivity index (χ0n) is 34.8. The van der Waals surface area contributed by atoms with Gasteiger partial charge < -0.3 is 156 Å². The van der Waals surface area contributed by atoms with E-state index in [0.717, 1.165) is 0 Å². The lowest BCUT2D eigenvalue weighted by Gasteiger charge is -2.72. The van der Waals surface area contributed by atoms with Gasteiger partial charge in [-0.3, -0.25) is 0 Å². The van der Waals surface area contributed by atoms with Crippen LogP contribution in [0.2, 0.25) is 0 Å². The van der Waals surface area contributed by atoms with Gasteiger partial charge in [0.2, 0.25) is 5.79 Å². The molecule has 31 heteroatoms. The molecule has 0 aromatic rings. The minimum atomic E-state index is -4.81. The van der Waals surface area contributed by atoms with E-state index in [1.165, 1.54) is 0 Å². The maximum atomic E-state index is 14.4. The van der Waals surface area contributed by atoms with Gasteiger partial charge in [-0.2, -0.15) is 0 Å². The second kappa shape index (κ2) is 20.3. The third-order valence-electron chi connectivity index (χ3n) is 14.0. The Bertz CT molecular complexity index is 1630. The van der Waals surface area contributed by atoms with Crippen molar-refractivity contribution in [2.45, 2.75) is 181 Å². The Labute approximate surface area is 376 Å². The van der Waals surface area contributed by atoms with Crippen molar-refractivity contribution in [3.8, 4) is 0 Å². The van der Waals surface area contributed by atoms with E-state index in [9.17, 15) is 123 Å². The summed E-state index contributed by atoms with van der Waals surface area (Å²) < 4.78 is 40.4. The summed E-state index contributed by atoms with van der Waals surface area (Å²) in [6.07, 6.45) is -69.5. The maximum Gasteiger partial charge on any atom is 0.231 e. The molecule has 0 bridgehead atoms. The lowest BCUT2D eigenvalue weighted by Crippen LogP contribution is -2.98. The Kier molecular flexibility index (Phi) is 16.7. The number of hydrogen-bond donors (Lipinski definition) is 24. The summed E-state index contributed by atoms with van der Waals surface area (Å²) in [5.41, 5.74) is -13.8. The van der Waals surface area contributed by atoms with Gasteiger partial charge in [-0.25, -0.2) is 0 Å². The fourth-order valence-corrected chi connectivity index (χ4v) is 10.3. The third kappa shape index (κ3) is 8.07. The third-order valence-corrected chi connectivity index (χ3v) is 14.0. The van der Waals surface area contributed by atoms with E-state index in [4.69, 9.17) is 33.2 Å². The van der Waals surface area contributed by atoms with E-state index >= 15 is 0 Å². The molecule has 67 heavy (non-hydrogen) atoms. The van der Waals surface area contributed by atoms with E-state index in [2.05, 4.69) is 0 Å². The molecule has 31 nitrogen and oxygen atoms in total. The summed E-state index contributed by atoms with van der Waals surface area (Å²) in [6, 6.07) is 0. The molecule has 0 saturated carbocycles. The zero-order valence-corrected chi connectivity index (χ0v) is 34.8. The number of aliphatic hydroxyl groups excluding tert-OH is 21. The smallest absolute Gasteiger partial charge is 0.231 e. The van der Waals surface area contributed by atoms with E-state index < -0.39 is 221 Å². The van der Waals surface area contributed by atoms with Crippen molar-refractivity contribution >= 4 is 0 Å². The van der Waals surface area contributed by atoms with Gasteiger partial charge in [0, 0.05) is 0 Å². The van der Waals surface area contributed by atoms with Crippen LogP contribution in [0.5, 0.6) is 0 Å². The van der Waals surface area contributed by atoms with Gasteiger partial charge in [0.15, 0.2) is 23.1 Å². The monoisotopic (exact) mass is 990 g/mol. The van der Waals surface area contributed by atoms with Crippen LogP contribution < -0.4 is 0 Å². The molecule has 24 N–H and O–H groups in total. The average Bonchev–Trinajstić information content (AvgIpc) is 3.31. The Hall–Kier alpha value is -1.24. The van der Waals surface area contributed by atoms with Gasteiger partial charge in [-0.15, -0.1) is 0 Å².